The molecule has 1 aromatic heterocycles. The maximum absolute atomic E-state index is 12.0. The topological polar surface area (TPSA) is 83.4 Å². The molecule has 0 bridgehead atoms. The number of hydrogen-bond donors (Lipinski definition) is 3. The Balaban J connectivity index is 1.74. The molecule has 1 heterocycles. The number of nitrogens with one attached hydrogen (secondary N) is 3. The van der Waals surface area contributed by atoms with Gasteiger partial charge in [0, 0.05) is 6.04 Å². The van der Waals surface area contributed by atoms with E-state index in [2.05, 4.69) is 16.0 Å². The summed E-state index contributed by atoms with van der Waals surface area (Å²) in [5, 5.41) is 8.37. The number of hydrogen-bond acceptors (Lipinski definition) is 4. The number of urea groups is 1. The third kappa shape index (κ3) is 4.87. The number of amides is 3. The minimum atomic E-state index is -0.489. The molecule has 22 heavy (non-hydrogen) atoms. The summed E-state index contributed by atoms with van der Waals surface area (Å²) in [6.45, 7) is 3.63. The fourth-order valence-corrected chi connectivity index (χ4v) is 2.76. The van der Waals surface area contributed by atoms with Gasteiger partial charge in [-0.05, 0) is 38.8 Å². The summed E-state index contributed by atoms with van der Waals surface area (Å²) in [6, 6.07) is 2.84. The molecular weight excluding hydrogens is 282 g/mol. The number of carbonyl (C=O) groups is 2. The zero-order chi connectivity index (χ0) is 15.9. The number of imide groups is 1. The molecule has 0 saturated heterocycles. The normalized spacial score (nSPS) is 18.5. The van der Waals surface area contributed by atoms with E-state index in [-0.39, 0.29) is 18.0 Å². The summed E-state index contributed by atoms with van der Waals surface area (Å²) < 4.78 is 5.28. The van der Waals surface area contributed by atoms with Crippen molar-refractivity contribution in [2.24, 2.45) is 0 Å². The van der Waals surface area contributed by atoms with Crippen LogP contribution in [0.5, 0.6) is 0 Å². The highest BCUT2D eigenvalue weighted by Gasteiger charge is 2.21. The molecule has 1 aromatic rings. The molecule has 0 radical (unpaired) electrons. The van der Waals surface area contributed by atoms with Crippen LogP contribution in [0.1, 0.15) is 57.8 Å². The van der Waals surface area contributed by atoms with Gasteiger partial charge in [0.25, 0.3) is 0 Å². The van der Waals surface area contributed by atoms with E-state index >= 15 is 0 Å². The Bertz CT molecular complexity index is 481. The summed E-state index contributed by atoms with van der Waals surface area (Å²) in [5.41, 5.74) is 0. The largest absolute Gasteiger partial charge is 0.468 e. The highest BCUT2D eigenvalue weighted by molar-refractivity contribution is 5.96. The molecular formula is C16H25N3O3. The van der Waals surface area contributed by atoms with E-state index in [0.29, 0.717) is 0 Å². The van der Waals surface area contributed by atoms with Crippen molar-refractivity contribution in [1.29, 1.82) is 0 Å². The van der Waals surface area contributed by atoms with Crippen LogP contribution in [0, 0.1) is 0 Å². The Kier molecular flexibility index (Phi) is 6.00. The molecule has 6 nitrogen and oxygen atoms in total. The van der Waals surface area contributed by atoms with Crippen LogP contribution in [0.25, 0.3) is 0 Å². The predicted molar refractivity (Wildman–Crippen MR) is 83.3 cm³/mol. The third-order valence-corrected chi connectivity index (χ3v) is 4.04. The van der Waals surface area contributed by atoms with E-state index in [1.807, 2.05) is 13.0 Å². The lowest BCUT2D eigenvalue weighted by molar-refractivity contribution is -0.121. The fraction of sp³-hybridized carbons (Fsp3) is 0.625. The van der Waals surface area contributed by atoms with Gasteiger partial charge in [0.2, 0.25) is 5.91 Å². The molecule has 3 N–H and O–H groups in total. The van der Waals surface area contributed by atoms with Gasteiger partial charge in [0.1, 0.15) is 5.76 Å². The maximum atomic E-state index is 12.0. The van der Waals surface area contributed by atoms with Crippen LogP contribution in [-0.4, -0.2) is 24.0 Å². The second kappa shape index (κ2) is 7.98. The number of rotatable bonds is 5. The highest BCUT2D eigenvalue weighted by atomic mass is 16.3. The minimum absolute atomic E-state index is 0.0999. The van der Waals surface area contributed by atoms with E-state index in [9.17, 15) is 9.59 Å². The first-order chi connectivity index (χ1) is 10.6. The first-order valence-corrected chi connectivity index (χ1v) is 7.97. The summed E-state index contributed by atoms with van der Waals surface area (Å²) in [6.07, 6.45) is 7.07. The van der Waals surface area contributed by atoms with Gasteiger partial charge >= 0.3 is 6.03 Å². The quantitative estimate of drug-likeness (QED) is 0.780. The van der Waals surface area contributed by atoms with Gasteiger partial charge in [0.05, 0.1) is 18.3 Å². The van der Waals surface area contributed by atoms with Gasteiger partial charge in [-0.25, -0.2) is 4.79 Å². The second-order valence-corrected chi connectivity index (χ2v) is 5.92. The SMILES string of the molecule is C[C@H](N[C@H](C)C(=O)NC(=O)NC1CCCCC1)c1ccco1. The lowest BCUT2D eigenvalue weighted by Gasteiger charge is -2.23. The van der Waals surface area contributed by atoms with Crippen molar-refractivity contribution in [2.75, 3.05) is 0 Å². The molecule has 6 heteroatoms. The molecule has 0 aromatic carbocycles. The molecule has 1 saturated carbocycles. The maximum Gasteiger partial charge on any atom is 0.321 e. The molecule has 3 amide bonds. The van der Waals surface area contributed by atoms with Gasteiger partial charge in [-0.3, -0.25) is 15.4 Å². The smallest absolute Gasteiger partial charge is 0.321 e. The van der Waals surface area contributed by atoms with Gasteiger partial charge in [0.15, 0.2) is 0 Å². The van der Waals surface area contributed by atoms with Crippen LogP contribution in [0.2, 0.25) is 0 Å². The van der Waals surface area contributed by atoms with Gasteiger partial charge in [-0.2, -0.15) is 0 Å². The monoisotopic (exact) mass is 307 g/mol. The Morgan fingerprint density at radius 1 is 1.23 bits per heavy atom. The van der Waals surface area contributed by atoms with Crippen molar-refractivity contribution in [1.82, 2.24) is 16.0 Å². The van der Waals surface area contributed by atoms with Crippen molar-refractivity contribution in [3.63, 3.8) is 0 Å². The first-order valence-electron chi connectivity index (χ1n) is 7.97. The highest BCUT2D eigenvalue weighted by Crippen LogP contribution is 2.17. The molecule has 1 aliphatic carbocycles. The zero-order valence-electron chi connectivity index (χ0n) is 13.2. The fourth-order valence-electron chi connectivity index (χ4n) is 2.76. The van der Waals surface area contributed by atoms with Crippen molar-refractivity contribution < 1.29 is 14.0 Å². The standard InChI is InChI=1S/C16H25N3O3/c1-11(14-9-6-10-22-14)17-12(2)15(20)19-16(21)18-13-7-4-3-5-8-13/h6,9-13,17H,3-5,7-8H2,1-2H3,(H2,18,19,20,21)/t11-,12+/m0/s1. The zero-order valence-corrected chi connectivity index (χ0v) is 13.2. The van der Waals surface area contributed by atoms with Crippen LogP contribution < -0.4 is 16.0 Å². The van der Waals surface area contributed by atoms with Crippen molar-refractivity contribution >= 4 is 11.9 Å². The molecule has 0 spiro atoms. The van der Waals surface area contributed by atoms with Crippen molar-refractivity contribution in [2.45, 2.75) is 64.1 Å². The van der Waals surface area contributed by atoms with E-state index in [4.69, 9.17) is 4.42 Å². The first kappa shape index (κ1) is 16.5. The Labute approximate surface area is 131 Å². The van der Waals surface area contributed by atoms with E-state index in [1.165, 1.54) is 6.42 Å². The van der Waals surface area contributed by atoms with Crippen LogP contribution >= 0.6 is 0 Å². The third-order valence-electron chi connectivity index (χ3n) is 4.04. The van der Waals surface area contributed by atoms with Gasteiger partial charge < -0.3 is 9.73 Å². The molecule has 122 valence electrons. The Morgan fingerprint density at radius 3 is 2.59 bits per heavy atom. The molecule has 2 atom stereocenters. The number of furan rings is 1. The Hall–Kier alpha value is -1.82. The van der Waals surface area contributed by atoms with Gasteiger partial charge in [-0.15, -0.1) is 0 Å². The van der Waals surface area contributed by atoms with Crippen molar-refractivity contribution in [3.8, 4) is 0 Å². The van der Waals surface area contributed by atoms with Crippen LogP contribution in [0.3, 0.4) is 0 Å². The Morgan fingerprint density at radius 2 is 1.95 bits per heavy atom. The summed E-state index contributed by atoms with van der Waals surface area (Å²) >= 11 is 0. The average Bonchev–Trinajstić information content (AvgIpc) is 3.02. The summed E-state index contributed by atoms with van der Waals surface area (Å²) in [4.78, 5) is 23.9. The lowest BCUT2D eigenvalue weighted by atomic mass is 9.96. The molecule has 0 aliphatic heterocycles. The van der Waals surface area contributed by atoms with Crippen LogP contribution in [0.15, 0.2) is 22.8 Å². The van der Waals surface area contributed by atoms with Gasteiger partial charge in [-0.1, -0.05) is 19.3 Å². The van der Waals surface area contributed by atoms with Crippen LogP contribution in [-0.2, 0) is 4.79 Å². The van der Waals surface area contributed by atoms with Crippen LogP contribution in [0.4, 0.5) is 4.79 Å². The predicted octanol–water partition coefficient (Wildman–Crippen LogP) is 2.48. The second-order valence-electron chi connectivity index (χ2n) is 5.92. The van der Waals surface area contributed by atoms with E-state index < -0.39 is 12.1 Å². The molecule has 1 aliphatic rings. The molecule has 2 rings (SSSR count). The summed E-state index contributed by atoms with van der Waals surface area (Å²) in [7, 11) is 0. The molecule has 1 fully saturated rings. The minimum Gasteiger partial charge on any atom is -0.468 e. The van der Waals surface area contributed by atoms with Crippen molar-refractivity contribution in [3.05, 3.63) is 24.2 Å². The lowest BCUT2D eigenvalue weighted by Crippen LogP contribution is -2.50. The summed E-state index contributed by atoms with van der Waals surface area (Å²) in [5.74, 6) is 0.415. The number of carbonyl (C=O) groups excluding carboxylic acids is 2. The van der Waals surface area contributed by atoms with E-state index in [0.717, 1.165) is 31.4 Å². The molecule has 0 unspecified atom stereocenters. The average molecular weight is 307 g/mol. The van der Waals surface area contributed by atoms with E-state index in [1.54, 1.807) is 19.3 Å².